The van der Waals surface area contributed by atoms with Crippen molar-refractivity contribution >= 4 is 28.6 Å². The quantitative estimate of drug-likeness (QED) is 0.777. The van der Waals surface area contributed by atoms with E-state index in [-0.39, 0.29) is 5.91 Å². The molecule has 0 aliphatic heterocycles. The smallest absolute Gasteiger partial charge is 0.251 e. The highest BCUT2D eigenvalue weighted by Crippen LogP contribution is 2.20. The molecule has 0 atom stereocenters. The molecule has 106 valence electrons. The maximum Gasteiger partial charge on any atom is 0.251 e. The van der Waals surface area contributed by atoms with Crippen molar-refractivity contribution < 1.29 is 4.79 Å². The SMILES string of the molecule is O=C(NCCc1cccs1)c1ccnc(-c2ccsc2)c1. The van der Waals surface area contributed by atoms with Crippen molar-refractivity contribution in [3.05, 3.63) is 63.1 Å². The van der Waals surface area contributed by atoms with Crippen LogP contribution in [0.4, 0.5) is 0 Å². The molecular formula is C16H14N2OS2. The van der Waals surface area contributed by atoms with Gasteiger partial charge in [-0.25, -0.2) is 0 Å². The van der Waals surface area contributed by atoms with Gasteiger partial charge in [-0.15, -0.1) is 11.3 Å². The van der Waals surface area contributed by atoms with E-state index in [1.54, 1.807) is 34.9 Å². The molecule has 3 nitrogen and oxygen atoms in total. The highest BCUT2D eigenvalue weighted by atomic mass is 32.1. The van der Waals surface area contributed by atoms with Crippen LogP contribution in [0.15, 0.2) is 52.7 Å². The minimum absolute atomic E-state index is 0.0505. The predicted molar refractivity (Wildman–Crippen MR) is 87.9 cm³/mol. The first-order valence-electron chi connectivity index (χ1n) is 6.62. The van der Waals surface area contributed by atoms with Crippen LogP contribution < -0.4 is 5.32 Å². The first-order chi connectivity index (χ1) is 10.3. The van der Waals surface area contributed by atoms with Gasteiger partial charge in [-0.1, -0.05) is 6.07 Å². The van der Waals surface area contributed by atoms with E-state index in [0.717, 1.165) is 17.7 Å². The van der Waals surface area contributed by atoms with Crippen LogP contribution in [-0.2, 0) is 6.42 Å². The Labute approximate surface area is 131 Å². The van der Waals surface area contributed by atoms with Crippen LogP contribution in [-0.4, -0.2) is 17.4 Å². The zero-order chi connectivity index (χ0) is 14.5. The Morgan fingerprint density at radius 3 is 2.95 bits per heavy atom. The summed E-state index contributed by atoms with van der Waals surface area (Å²) in [5.74, 6) is -0.0505. The number of nitrogens with one attached hydrogen (secondary N) is 1. The monoisotopic (exact) mass is 314 g/mol. The van der Waals surface area contributed by atoms with Crippen molar-refractivity contribution in [2.45, 2.75) is 6.42 Å². The lowest BCUT2D eigenvalue weighted by atomic mass is 10.1. The van der Waals surface area contributed by atoms with Gasteiger partial charge in [0, 0.05) is 34.1 Å². The van der Waals surface area contributed by atoms with Gasteiger partial charge >= 0.3 is 0 Å². The average molecular weight is 314 g/mol. The molecular weight excluding hydrogens is 300 g/mol. The summed E-state index contributed by atoms with van der Waals surface area (Å²) in [4.78, 5) is 17.8. The highest BCUT2D eigenvalue weighted by Gasteiger charge is 2.08. The zero-order valence-electron chi connectivity index (χ0n) is 11.3. The first kappa shape index (κ1) is 14.0. The van der Waals surface area contributed by atoms with Gasteiger partial charge in [0.2, 0.25) is 0 Å². The molecule has 0 spiro atoms. The Morgan fingerprint density at radius 1 is 1.24 bits per heavy atom. The average Bonchev–Trinajstić information content (AvgIpc) is 3.21. The molecule has 3 rings (SSSR count). The number of carbonyl (C=O) groups is 1. The van der Waals surface area contributed by atoms with E-state index >= 15 is 0 Å². The second-order valence-electron chi connectivity index (χ2n) is 4.53. The van der Waals surface area contributed by atoms with Gasteiger partial charge in [0.1, 0.15) is 0 Å². The number of pyridine rings is 1. The summed E-state index contributed by atoms with van der Waals surface area (Å²) >= 11 is 3.33. The summed E-state index contributed by atoms with van der Waals surface area (Å²) in [6, 6.07) is 9.69. The van der Waals surface area contributed by atoms with Gasteiger partial charge in [0.15, 0.2) is 0 Å². The van der Waals surface area contributed by atoms with E-state index in [1.807, 2.05) is 34.3 Å². The highest BCUT2D eigenvalue weighted by molar-refractivity contribution is 7.09. The predicted octanol–water partition coefficient (Wildman–Crippen LogP) is 3.84. The molecule has 0 aromatic carbocycles. The molecule has 0 saturated carbocycles. The Hall–Kier alpha value is -1.98. The fraction of sp³-hybridized carbons (Fsp3) is 0.125. The molecule has 5 heteroatoms. The molecule has 3 heterocycles. The second-order valence-corrected chi connectivity index (χ2v) is 6.34. The van der Waals surface area contributed by atoms with Crippen LogP contribution >= 0.6 is 22.7 Å². The molecule has 3 aromatic heterocycles. The molecule has 1 amide bonds. The van der Waals surface area contributed by atoms with Crippen molar-refractivity contribution in [3.63, 3.8) is 0 Å². The normalized spacial score (nSPS) is 10.5. The summed E-state index contributed by atoms with van der Waals surface area (Å²) in [5.41, 5.74) is 2.53. The van der Waals surface area contributed by atoms with Crippen molar-refractivity contribution in [2.24, 2.45) is 0 Å². The third-order valence-electron chi connectivity index (χ3n) is 3.08. The Bertz CT molecular complexity index is 706. The maximum atomic E-state index is 12.2. The summed E-state index contributed by atoms with van der Waals surface area (Å²) in [7, 11) is 0. The van der Waals surface area contributed by atoms with Crippen molar-refractivity contribution in [1.82, 2.24) is 10.3 Å². The molecule has 0 radical (unpaired) electrons. The summed E-state index contributed by atoms with van der Waals surface area (Å²) < 4.78 is 0. The maximum absolute atomic E-state index is 12.2. The standard InChI is InChI=1S/C16H14N2OS2/c19-16(18-7-4-14-2-1-8-21-14)12-3-6-17-15(10-12)13-5-9-20-11-13/h1-3,5-6,8-11H,4,7H2,(H,18,19). The van der Waals surface area contributed by atoms with Crippen molar-refractivity contribution in [1.29, 1.82) is 0 Å². The molecule has 0 fully saturated rings. The summed E-state index contributed by atoms with van der Waals surface area (Å²) in [6.07, 6.45) is 2.55. The lowest BCUT2D eigenvalue weighted by Gasteiger charge is -2.05. The summed E-state index contributed by atoms with van der Waals surface area (Å²) in [5, 5.41) is 9.03. The lowest BCUT2D eigenvalue weighted by Crippen LogP contribution is -2.25. The number of thiophene rings is 2. The van der Waals surface area contributed by atoms with Gasteiger partial charge in [-0.05, 0) is 41.4 Å². The van der Waals surface area contributed by atoms with E-state index in [4.69, 9.17) is 0 Å². The molecule has 0 aliphatic rings. The third-order valence-corrected chi connectivity index (χ3v) is 4.70. The Morgan fingerprint density at radius 2 is 2.19 bits per heavy atom. The molecule has 1 N–H and O–H groups in total. The van der Waals surface area contributed by atoms with E-state index in [1.165, 1.54) is 4.88 Å². The Kier molecular flexibility index (Phi) is 4.43. The minimum atomic E-state index is -0.0505. The van der Waals surface area contributed by atoms with E-state index in [9.17, 15) is 4.79 Å². The molecule has 0 saturated heterocycles. The van der Waals surface area contributed by atoms with Gasteiger partial charge in [0.05, 0.1) is 5.69 Å². The van der Waals surface area contributed by atoms with Crippen LogP contribution in [0.25, 0.3) is 11.3 Å². The fourth-order valence-electron chi connectivity index (χ4n) is 2.00. The van der Waals surface area contributed by atoms with E-state index in [0.29, 0.717) is 12.1 Å². The number of aromatic nitrogens is 1. The van der Waals surface area contributed by atoms with Crippen LogP contribution in [0.1, 0.15) is 15.2 Å². The van der Waals surface area contributed by atoms with Gasteiger partial charge in [-0.2, -0.15) is 11.3 Å². The second kappa shape index (κ2) is 6.65. The number of hydrogen-bond acceptors (Lipinski definition) is 4. The Balaban J connectivity index is 1.63. The molecule has 3 aromatic rings. The number of rotatable bonds is 5. The van der Waals surface area contributed by atoms with Crippen LogP contribution in [0.5, 0.6) is 0 Å². The lowest BCUT2D eigenvalue weighted by molar-refractivity contribution is 0.0954. The third kappa shape index (κ3) is 3.56. The number of amides is 1. The number of carbonyl (C=O) groups excluding carboxylic acids is 1. The largest absolute Gasteiger partial charge is 0.352 e. The molecule has 0 aliphatic carbocycles. The molecule has 0 bridgehead atoms. The van der Waals surface area contributed by atoms with Gasteiger partial charge in [-0.3, -0.25) is 9.78 Å². The topological polar surface area (TPSA) is 42.0 Å². The zero-order valence-corrected chi connectivity index (χ0v) is 12.9. The van der Waals surface area contributed by atoms with Crippen LogP contribution in [0.3, 0.4) is 0 Å². The first-order valence-corrected chi connectivity index (χ1v) is 8.44. The van der Waals surface area contributed by atoms with Crippen LogP contribution in [0, 0.1) is 0 Å². The summed E-state index contributed by atoms with van der Waals surface area (Å²) in [6.45, 7) is 0.648. The fourth-order valence-corrected chi connectivity index (χ4v) is 3.35. The number of nitrogens with zero attached hydrogens (tertiary/aromatic N) is 1. The van der Waals surface area contributed by atoms with Crippen molar-refractivity contribution in [2.75, 3.05) is 6.54 Å². The van der Waals surface area contributed by atoms with Crippen LogP contribution in [0.2, 0.25) is 0 Å². The minimum Gasteiger partial charge on any atom is -0.352 e. The number of hydrogen-bond donors (Lipinski definition) is 1. The van der Waals surface area contributed by atoms with Gasteiger partial charge < -0.3 is 5.32 Å². The molecule has 21 heavy (non-hydrogen) atoms. The van der Waals surface area contributed by atoms with Crippen molar-refractivity contribution in [3.8, 4) is 11.3 Å². The van der Waals surface area contributed by atoms with E-state index in [2.05, 4.69) is 16.4 Å². The van der Waals surface area contributed by atoms with Gasteiger partial charge in [0.25, 0.3) is 5.91 Å². The van der Waals surface area contributed by atoms with E-state index < -0.39 is 0 Å². The molecule has 0 unspecified atom stereocenters.